The van der Waals surface area contributed by atoms with Crippen LogP contribution in [0.3, 0.4) is 0 Å². The van der Waals surface area contributed by atoms with Gasteiger partial charge in [0.25, 0.3) is 5.91 Å². The van der Waals surface area contributed by atoms with Gasteiger partial charge < -0.3 is 15.4 Å². The first kappa shape index (κ1) is 17.5. The van der Waals surface area contributed by atoms with E-state index in [4.69, 9.17) is 4.74 Å². The maximum atomic E-state index is 13.0. The third-order valence-corrected chi connectivity index (χ3v) is 5.31. The molecule has 0 aromatic carbocycles. The van der Waals surface area contributed by atoms with Crippen molar-refractivity contribution in [2.45, 2.75) is 44.6 Å². The van der Waals surface area contributed by atoms with Crippen molar-refractivity contribution in [3.63, 3.8) is 0 Å². The summed E-state index contributed by atoms with van der Waals surface area (Å²) in [6.45, 7) is 3.23. The number of rotatable bonds is 4. The zero-order valence-electron chi connectivity index (χ0n) is 15.7. The molecule has 1 aromatic rings. The highest BCUT2D eigenvalue weighted by atomic mass is 16.5. The average molecular weight is 369 g/mol. The molecule has 8 nitrogen and oxygen atoms in total. The van der Waals surface area contributed by atoms with Gasteiger partial charge in [0.15, 0.2) is 11.5 Å². The molecule has 0 bridgehead atoms. The molecule has 1 aromatic heterocycles. The molecule has 0 unspecified atom stereocenters. The SMILES string of the molecule is COC(=O)C(C)(C)NC(=O)c1nn(C2=CNC=CC=N2)c2c1CC[C@@H]1C[C@H]21. The summed E-state index contributed by atoms with van der Waals surface area (Å²) in [5.41, 5.74) is 1.25. The quantitative estimate of drug-likeness (QED) is 0.785. The zero-order valence-corrected chi connectivity index (χ0v) is 15.7. The van der Waals surface area contributed by atoms with Crippen molar-refractivity contribution in [3.8, 4) is 0 Å². The molecular weight excluding hydrogens is 346 g/mol. The highest BCUT2D eigenvalue weighted by Gasteiger charge is 2.47. The second kappa shape index (κ2) is 6.37. The highest BCUT2D eigenvalue weighted by Crippen LogP contribution is 2.55. The minimum atomic E-state index is -1.13. The number of allylic oxidation sites excluding steroid dienone is 1. The summed E-state index contributed by atoms with van der Waals surface area (Å²) in [4.78, 5) is 29.3. The van der Waals surface area contributed by atoms with E-state index in [2.05, 4.69) is 20.7 Å². The molecule has 2 atom stereocenters. The minimum absolute atomic E-state index is 0.362. The number of carbonyl (C=O) groups excluding carboxylic acids is 2. The molecule has 1 saturated carbocycles. The van der Waals surface area contributed by atoms with Gasteiger partial charge in [-0.3, -0.25) is 4.79 Å². The van der Waals surface area contributed by atoms with Gasteiger partial charge in [-0.1, -0.05) is 0 Å². The number of aliphatic imine (C=N–C) groups is 1. The predicted octanol–water partition coefficient (Wildman–Crippen LogP) is 1.56. The van der Waals surface area contributed by atoms with E-state index < -0.39 is 11.5 Å². The summed E-state index contributed by atoms with van der Waals surface area (Å²) < 4.78 is 6.55. The van der Waals surface area contributed by atoms with E-state index in [0.29, 0.717) is 23.4 Å². The van der Waals surface area contributed by atoms with Gasteiger partial charge in [0.2, 0.25) is 0 Å². The Morgan fingerprint density at radius 2 is 2.22 bits per heavy atom. The largest absolute Gasteiger partial charge is 0.467 e. The molecule has 142 valence electrons. The van der Waals surface area contributed by atoms with E-state index in [1.165, 1.54) is 7.11 Å². The molecule has 2 heterocycles. The summed E-state index contributed by atoms with van der Waals surface area (Å²) in [7, 11) is 1.30. The van der Waals surface area contributed by atoms with Crippen LogP contribution in [-0.4, -0.2) is 40.5 Å². The van der Waals surface area contributed by atoms with Gasteiger partial charge in [-0.2, -0.15) is 5.10 Å². The fourth-order valence-corrected chi connectivity index (χ4v) is 3.82. The molecule has 3 aliphatic rings. The Morgan fingerprint density at radius 3 is 3.00 bits per heavy atom. The number of aromatic nitrogens is 2. The number of ether oxygens (including phenoxy) is 1. The van der Waals surface area contributed by atoms with Crippen molar-refractivity contribution in [1.29, 1.82) is 0 Å². The molecule has 8 heteroatoms. The van der Waals surface area contributed by atoms with E-state index in [0.717, 1.165) is 30.5 Å². The summed E-state index contributed by atoms with van der Waals surface area (Å²) in [5.74, 6) is 0.845. The molecule has 27 heavy (non-hydrogen) atoms. The monoisotopic (exact) mass is 369 g/mol. The zero-order chi connectivity index (χ0) is 19.2. The third kappa shape index (κ3) is 3.05. The number of carbonyl (C=O) groups is 2. The van der Waals surface area contributed by atoms with E-state index >= 15 is 0 Å². The van der Waals surface area contributed by atoms with Crippen LogP contribution in [0.5, 0.6) is 0 Å². The molecule has 1 fully saturated rings. The number of fused-ring (bicyclic) bond motifs is 3. The van der Waals surface area contributed by atoms with E-state index in [9.17, 15) is 9.59 Å². The van der Waals surface area contributed by atoms with Crippen LogP contribution in [0.15, 0.2) is 23.5 Å². The number of hydrogen-bond donors (Lipinski definition) is 2. The number of methoxy groups -OCH3 is 1. The van der Waals surface area contributed by atoms with Crippen molar-refractivity contribution in [1.82, 2.24) is 20.4 Å². The van der Waals surface area contributed by atoms with Gasteiger partial charge in [0.1, 0.15) is 5.54 Å². The molecule has 0 spiro atoms. The Kier molecular flexibility index (Phi) is 4.13. The van der Waals surface area contributed by atoms with E-state index in [1.54, 1.807) is 43.2 Å². The van der Waals surface area contributed by atoms with Crippen LogP contribution in [0, 0.1) is 5.92 Å². The van der Waals surface area contributed by atoms with Crippen LogP contribution < -0.4 is 10.6 Å². The van der Waals surface area contributed by atoms with Crippen molar-refractivity contribution >= 4 is 23.9 Å². The minimum Gasteiger partial charge on any atom is -0.467 e. The maximum absolute atomic E-state index is 13.0. The van der Waals surface area contributed by atoms with Crippen LogP contribution in [0.25, 0.3) is 5.82 Å². The predicted molar refractivity (Wildman–Crippen MR) is 100.0 cm³/mol. The summed E-state index contributed by atoms with van der Waals surface area (Å²) in [6, 6.07) is 0. The summed E-state index contributed by atoms with van der Waals surface area (Å²) >= 11 is 0. The van der Waals surface area contributed by atoms with E-state index in [-0.39, 0.29) is 5.91 Å². The van der Waals surface area contributed by atoms with Crippen LogP contribution in [0.4, 0.5) is 0 Å². The molecule has 1 amide bonds. The van der Waals surface area contributed by atoms with Crippen LogP contribution >= 0.6 is 0 Å². The lowest BCUT2D eigenvalue weighted by Crippen LogP contribution is -2.50. The first-order valence-corrected chi connectivity index (χ1v) is 9.11. The van der Waals surface area contributed by atoms with Crippen molar-refractivity contribution in [2.24, 2.45) is 10.9 Å². The Hall–Kier alpha value is -2.90. The number of nitrogens with one attached hydrogen (secondary N) is 2. The molecule has 0 saturated heterocycles. The number of hydrogen-bond acceptors (Lipinski definition) is 6. The van der Waals surface area contributed by atoms with Crippen LogP contribution in [0.1, 0.15) is 54.4 Å². The van der Waals surface area contributed by atoms with Crippen molar-refractivity contribution in [3.05, 3.63) is 35.4 Å². The second-order valence-electron chi connectivity index (χ2n) is 7.64. The van der Waals surface area contributed by atoms with Gasteiger partial charge in [-0.05, 0) is 45.1 Å². The first-order chi connectivity index (χ1) is 12.9. The molecule has 0 radical (unpaired) electrons. The highest BCUT2D eigenvalue weighted by molar-refractivity contribution is 5.98. The second-order valence-corrected chi connectivity index (χ2v) is 7.64. The third-order valence-electron chi connectivity index (χ3n) is 5.31. The summed E-state index contributed by atoms with van der Waals surface area (Å²) in [5, 5.41) is 10.4. The molecular formula is C19H23N5O3. The molecule has 2 N–H and O–H groups in total. The summed E-state index contributed by atoms with van der Waals surface area (Å²) in [6.07, 6.45) is 10.0. The molecule has 2 aliphatic carbocycles. The topological polar surface area (TPSA) is 97.6 Å². The smallest absolute Gasteiger partial charge is 0.330 e. The van der Waals surface area contributed by atoms with Crippen LogP contribution in [0.2, 0.25) is 0 Å². The van der Waals surface area contributed by atoms with E-state index in [1.807, 2.05) is 0 Å². The van der Waals surface area contributed by atoms with Gasteiger partial charge in [-0.25, -0.2) is 14.5 Å². The van der Waals surface area contributed by atoms with Crippen molar-refractivity contribution in [2.75, 3.05) is 7.11 Å². The van der Waals surface area contributed by atoms with Gasteiger partial charge >= 0.3 is 5.97 Å². The number of nitrogens with zero attached hydrogens (tertiary/aromatic N) is 3. The molecule has 4 rings (SSSR count). The standard InChI is InChI=1S/C19H23N5O3/c1-19(2,18(26)27-3)22-17(25)15-12-6-5-11-9-13(11)16(12)24(23-15)14-10-20-7-4-8-21-14/h4,7-8,10-11,13,20H,5-6,9H2,1-3H3,(H,22,25)/t11-,13+/m1/s1. The fourth-order valence-electron chi connectivity index (χ4n) is 3.82. The maximum Gasteiger partial charge on any atom is 0.330 e. The van der Waals surface area contributed by atoms with Crippen LogP contribution in [-0.2, 0) is 16.0 Å². The van der Waals surface area contributed by atoms with Gasteiger partial charge in [0.05, 0.1) is 12.8 Å². The average Bonchev–Trinajstić information content (AvgIpc) is 3.39. The lowest BCUT2D eigenvalue weighted by molar-refractivity contribution is -0.146. The lowest BCUT2D eigenvalue weighted by Gasteiger charge is -2.22. The fraction of sp³-hybridized carbons (Fsp3) is 0.474. The molecule has 1 aliphatic heterocycles. The Morgan fingerprint density at radius 1 is 1.41 bits per heavy atom. The Labute approximate surface area is 157 Å². The lowest BCUT2D eigenvalue weighted by atomic mass is 9.95. The van der Waals surface area contributed by atoms with Crippen molar-refractivity contribution < 1.29 is 14.3 Å². The van der Waals surface area contributed by atoms with Gasteiger partial charge in [0, 0.05) is 30.1 Å². The number of amides is 1. The van der Waals surface area contributed by atoms with Gasteiger partial charge in [-0.15, -0.1) is 0 Å². The number of esters is 1. The normalized spacial score (nSPS) is 22.7. The first-order valence-electron chi connectivity index (χ1n) is 9.11. The Bertz CT molecular complexity index is 893. The Balaban J connectivity index is 1.72.